The van der Waals surface area contributed by atoms with Gasteiger partial charge in [-0.3, -0.25) is 0 Å². The molecule has 0 atom stereocenters. The number of aromatic nitrogens is 1. The van der Waals surface area contributed by atoms with Gasteiger partial charge in [0.1, 0.15) is 6.07 Å². The van der Waals surface area contributed by atoms with E-state index in [2.05, 4.69) is 4.98 Å². The van der Waals surface area contributed by atoms with Crippen molar-refractivity contribution >= 4 is 0 Å². The summed E-state index contributed by atoms with van der Waals surface area (Å²) in [5.74, 6) is 0. The van der Waals surface area contributed by atoms with Gasteiger partial charge in [0.05, 0.1) is 11.1 Å². The van der Waals surface area contributed by atoms with Crippen molar-refractivity contribution < 1.29 is 22.0 Å². The number of nitrogens with zero attached hydrogens (tertiary/aromatic N) is 2. The molecule has 92 valence electrons. The second-order valence-electron chi connectivity index (χ2n) is 3.03. The van der Waals surface area contributed by atoms with E-state index in [0.29, 0.717) is 6.20 Å². The fraction of sp³-hybridized carbons (Fsp3) is 0.333. The van der Waals surface area contributed by atoms with Gasteiger partial charge in [-0.05, 0) is 5.56 Å². The van der Waals surface area contributed by atoms with E-state index in [1.165, 1.54) is 6.07 Å². The molecule has 2 N–H and O–H groups in total. The van der Waals surface area contributed by atoms with Crippen LogP contribution in [0.15, 0.2) is 6.20 Å². The van der Waals surface area contributed by atoms with Crippen molar-refractivity contribution in [2.75, 3.05) is 0 Å². The first kappa shape index (κ1) is 13.3. The number of nitrogens with two attached hydrogens (primary N) is 1. The van der Waals surface area contributed by atoms with Crippen molar-refractivity contribution in [1.82, 2.24) is 4.98 Å². The van der Waals surface area contributed by atoms with Gasteiger partial charge in [-0.1, -0.05) is 0 Å². The van der Waals surface area contributed by atoms with Crippen molar-refractivity contribution in [3.8, 4) is 6.07 Å². The third-order valence-electron chi connectivity index (χ3n) is 2.04. The van der Waals surface area contributed by atoms with Crippen LogP contribution >= 0.6 is 0 Å². The number of rotatable bonds is 2. The molecule has 0 saturated heterocycles. The minimum absolute atomic E-state index is 0.379. The van der Waals surface area contributed by atoms with Gasteiger partial charge in [0.25, 0.3) is 6.43 Å². The SMILES string of the molecule is N#Cc1cnc(C(F)(F)F)c(C(F)F)c1CN. The Balaban J connectivity index is 3.61. The molecule has 0 saturated carbocycles. The Morgan fingerprint density at radius 2 is 2.00 bits per heavy atom. The van der Waals surface area contributed by atoms with Gasteiger partial charge >= 0.3 is 6.18 Å². The van der Waals surface area contributed by atoms with Crippen molar-refractivity contribution in [3.05, 3.63) is 28.6 Å². The zero-order valence-electron chi connectivity index (χ0n) is 8.22. The summed E-state index contributed by atoms with van der Waals surface area (Å²) in [6.07, 6.45) is -7.81. The molecule has 0 unspecified atom stereocenters. The van der Waals surface area contributed by atoms with Crippen LogP contribution < -0.4 is 5.73 Å². The predicted molar refractivity (Wildman–Crippen MR) is 46.8 cm³/mol. The highest BCUT2D eigenvalue weighted by molar-refractivity contribution is 5.44. The van der Waals surface area contributed by atoms with Crippen LogP contribution in [0.3, 0.4) is 0 Å². The monoisotopic (exact) mass is 251 g/mol. The summed E-state index contributed by atoms with van der Waals surface area (Å²) >= 11 is 0. The molecule has 1 rings (SSSR count). The van der Waals surface area contributed by atoms with Crippen LogP contribution in [0.4, 0.5) is 22.0 Å². The normalized spacial score (nSPS) is 11.6. The molecule has 0 aliphatic heterocycles. The Hall–Kier alpha value is -1.75. The van der Waals surface area contributed by atoms with E-state index < -0.39 is 36.0 Å². The third kappa shape index (κ3) is 2.50. The number of alkyl halides is 5. The largest absolute Gasteiger partial charge is 0.433 e. The van der Waals surface area contributed by atoms with E-state index in [4.69, 9.17) is 11.0 Å². The molecular formula is C9H6F5N3. The summed E-state index contributed by atoms with van der Waals surface area (Å²) in [4.78, 5) is 2.87. The number of hydrogen-bond acceptors (Lipinski definition) is 3. The van der Waals surface area contributed by atoms with Crippen molar-refractivity contribution in [3.63, 3.8) is 0 Å². The number of halogens is 5. The average molecular weight is 251 g/mol. The molecule has 17 heavy (non-hydrogen) atoms. The van der Waals surface area contributed by atoms with E-state index in [9.17, 15) is 22.0 Å². The first-order valence-electron chi connectivity index (χ1n) is 4.30. The van der Waals surface area contributed by atoms with E-state index in [-0.39, 0.29) is 5.56 Å². The lowest BCUT2D eigenvalue weighted by atomic mass is 10.0. The highest BCUT2D eigenvalue weighted by Gasteiger charge is 2.39. The van der Waals surface area contributed by atoms with Crippen molar-refractivity contribution in [2.45, 2.75) is 19.1 Å². The fourth-order valence-corrected chi connectivity index (χ4v) is 1.34. The minimum atomic E-state index is -5.01. The smallest absolute Gasteiger partial charge is 0.326 e. The maximum absolute atomic E-state index is 12.6. The van der Waals surface area contributed by atoms with Crippen molar-refractivity contribution in [1.29, 1.82) is 5.26 Å². The molecule has 1 aromatic heterocycles. The number of nitriles is 1. The quantitative estimate of drug-likeness (QED) is 0.820. The molecule has 0 radical (unpaired) electrons. The molecular weight excluding hydrogens is 245 g/mol. The van der Waals surface area contributed by atoms with Crippen LogP contribution in [-0.2, 0) is 12.7 Å². The molecule has 0 bridgehead atoms. The highest BCUT2D eigenvalue weighted by atomic mass is 19.4. The Bertz CT molecular complexity index is 461. The zero-order chi connectivity index (χ0) is 13.2. The zero-order valence-corrected chi connectivity index (χ0v) is 8.22. The fourth-order valence-electron chi connectivity index (χ4n) is 1.34. The maximum atomic E-state index is 12.6. The second-order valence-corrected chi connectivity index (χ2v) is 3.03. The summed E-state index contributed by atoms with van der Waals surface area (Å²) in [5.41, 5.74) is 1.17. The Morgan fingerprint density at radius 1 is 1.41 bits per heavy atom. The van der Waals surface area contributed by atoms with Crippen LogP contribution in [0.5, 0.6) is 0 Å². The van der Waals surface area contributed by atoms with E-state index in [1.807, 2.05) is 0 Å². The lowest BCUT2D eigenvalue weighted by molar-refractivity contribution is -0.143. The van der Waals surface area contributed by atoms with Crippen molar-refractivity contribution in [2.24, 2.45) is 5.73 Å². The molecule has 1 aromatic rings. The van der Waals surface area contributed by atoms with Gasteiger partial charge in [-0.2, -0.15) is 18.4 Å². The third-order valence-corrected chi connectivity index (χ3v) is 2.04. The van der Waals surface area contributed by atoms with Crippen LogP contribution in [0.1, 0.15) is 28.8 Å². The van der Waals surface area contributed by atoms with Crippen LogP contribution in [0, 0.1) is 11.3 Å². The first-order chi connectivity index (χ1) is 7.82. The number of hydrogen-bond donors (Lipinski definition) is 1. The maximum Gasteiger partial charge on any atom is 0.433 e. The van der Waals surface area contributed by atoms with E-state index >= 15 is 0 Å². The second kappa shape index (κ2) is 4.63. The summed E-state index contributed by atoms with van der Waals surface area (Å²) in [5, 5.41) is 8.58. The molecule has 1 heterocycles. The van der Waals surface area contributed by atoms with Gasteiger partial charge < -0.3 is 5.73 Å². The van der Waals surface area contributed by atoms with Crippen LogP contribution in [0.2, 0.25) is 0 Å². The molecule has 3 nitrogen and oxygen atoms in total. The van der Waals surface area contributed by atoms with Crippen LogP contribution in [-0.4, -0.2) is 4.98 Å². The summed E-state index contributed by atoms with van der Waals surface area (Å²) in [6.45, 7) is -0.589. The van der Waals surface area contributed by atoms with Gasteiger partial charge in [-0.25, -0.2) is 13.8 Å². The van der Waals surface area contributed by atoms with Crippen LogP contribution in [0.25, 0.3) is 0 Å². The molecule has 0 fully saturated rings. The van der Waals surface area contributed by atoms with E-state index in [0.717, 1.165) is 0 Å². The standard InChI is InChI=1S/C9H6F5N3/c10-8(11)6-5(2-16)4(1-15)3-17-7(6)9(12,13)14/h3,8H,2,16H2. The number of pyridine rings is 1. The Morgan fingerprint density at radius 3 is 2.35 bits per heavy atom. The Kier molecular flexibility index (Phi) is 3.63. The summed E-state index contributed by atoms with van der Waals surface area (Å²) in [6, 6.07) is 1.48. The van der Waals surface area contributed by atoms with Gasteiger partial charge in [0, 0.05) is 12.7 Å². The summed E-state index contributed by atoms with van der Waals surface area (Å²) in [7, 11) is 0. The minimum Gasteiger partial charge on any atom is -0.326 e. The predicted octanol–water partition coefficient (Wildman–Crippen LogP) is 2.37. The van der Waals surface area contributed by atoms with Gasteiger partial charge in [0.2, 0.25) is 0 Å². The molecule has 0 aliphatic carbocycles. The van der Waals surface area contributed by atoms with Gasteiger partial charge in [-0.15, -0.1) is 0 Å². The molecule has 0 aromatic carbocycles. The summed E-state index contributed by atoms with van der Waals surface area (Å²) < 4.78 is 62.6. The molecule has 0 spiro atoms. The van der Waals surface area contributed by atoms with E-state index in [1.54, 1.807) is 0 Å². The van der Waals surface area contributed by atoms with Gasteiger partial charge in [0.15, 0.2) is 5.69 Å². The lowest BCUT2D eigenvalue weighted by Gasteiger charge is -2.15. The Labute approximate surface area is 92.7 Å². The molecule has 0 amide bonds. The first-order valence-corrected chi connectivity index (χ1v) is 4.30. The molecule has 0 aliphatic rings. The average Bonchev–Trinajstić information content (AvgIpc) is 2.25. The molecule has 8 heteroatoms. The topological polar surface area (TPSA) is 62.7 Å². The lowest BCUT2D eigenvalue weighted by Crippen LogP contribution is -2.17. The highest BCUT2D eigenvalue weighted by Crippen LogP contribution is 2.37.